The van der Waals surface area contributed by atoms with Crippen molar-refractivity contribution in [3.05, 3.63) is 0 Å². The molecule has 4 saturated carbocycles. The van der Waals surface area contributed by atoms with Crippen LogP contribution in [-0.4, -0.2) is 23.9 Å². The highest BCUT2D eigenvalue weighted by molar-refractivity contribution is 5.75. The van der Waals surface area contributed by atoms with Crippen LogP contribution in [0.15, 0.2) is 0 Å². The van der Waals surface area contributed by atoms with Gasteiger partial charge in [-0.25, -0.2) is 0 Å². The number of guanidine groups is 1. The predicted molar refractivity (Wildman–Crippen MR) is 63.0 cm³/mol. The minimum atomic E-state index is 0.292. The van der Waals surface area contributed by atoms with Crippen molar-refractivity contribution in [3.8, 4) is 0 Å². The van der Waals surface area contributed by atoms with E-state index in [-0.39, 0.29) is 0 Å². The van der Waals surface area contributed by atoms with Crippen LogP contribution in [0.1, 0.15) is 39.5 Å². The largest absolute Gasteiger partial charge is 0.370 e. The zero-order valence-electron chi connectivity index (χ0n) is 10.3. The molecule has 0 amide bonds. The Kier molecular flexibility index (Phi) is 1.18. The molecule has 88 valence electrons. The normalized spacial score (nSPS) is 61.0. The fraction of sp³-hybridized carbons (Fsp3) is 0.923. The molecule has 3 N–H and O–H groups in total. The molecule has 16 heavy (non-hydrogen) atoms. The summed E-state index contributed by atoms with van der Waals surface area (Å²) in [5.74, 6) is 0.292. The van der Waals surface area contributed by atoms with E-state index in [0.29, 0.717) is 27.6 Å². The highest BCUT2D eigenvalue weighted by Crippen LogP contribution is 2.87. The Hall–Kier alpha value is -0.730. The van der Waals surface area contributed by atoms with Crippen LogP contribution < -0.4 is 5.73 Å². The predicted octanol–water partition coefficient (Wildman–Crippen LogP) is 1.78. The first-order valence-electron chi connectivity index (χ1n) is 6.43. The summed E-state index contributed by atoms with van der Waals surface area (Å²) in [4.78, 5) is 2.13. The Morgan fingerprint density at radius 1 is 1.00 bits per heavy atom. The molecule has 0 aromatic carbocycles. The zero-order valence-corrected chi connectivity index (χ0v) is 10.3. The van der Waals surface area contributed by atoms with Gasteiger partial charge in [0.2, 0.25) is 0 Å². The van der Waals surface area contributed by atoms with E-state index in [9.17, 15) is 0 Å². The molecular weight excluding hydrogens is 198 g/mol. The SMILES string of the molecule is CC12CC34CN(C(=N)N)CC3(C1)CC2(C)C4. The first-order chi connectivity index (χ1) is 7.34. The number of hydrogen-bond acceptors (Lipinski definition) is 1. The Bertz CT molecular complexity index is 367. The zero-order chi connectivity index (χ0) is 11.4. The van der Waals surface area contributed by atoms with E-state index in [4.69, 9.17) is 11.1 Å². The number of nitrogens with one attached hydrogen (secondary N) is 1. The number of likely N-dealkylation sites (tertiary alicyclic amines) is 1. The first kappa shape index (κ1) is 9.32. The highest BCUT2D eigenvalue weighted by Gasteiger charge is 2.82. The third kappa shape index (κ3) is 0.654. The van der Waals surface area contributed by atoms with Crippen molar-refractivity contribution in [2.75, 3.05) is 13.1 Å². The number of nitrogens with two attached hydrogens (primary N) is 1. The summed E-state index contributed by atoms with van der Waals surface area (Å²) >= 11 is 0. The van der Waals surface area contributed by atoms with Crippen LogP contribution in [-0.2, 0) is 0 Å². The third-order valence-electron chi connectivity index (χ3n) is 6.82. The monoisotopic (exact) mass is 219 g/mol. The summed E-state index contributed by atoms with van der Waals surface area (Å²) in [7, 11) is 0. The number of hydrogen-bond donors (Lipinski definition) is 2. The molecule has 2 spiro atoms. The molecule has 5 fully saturated rings. The van der Waals surface area contributed by atoms with Crippen molar-refractivity contribution < 1.29 is 0 Å². The topological polar surface area (TPSA) is 53.1 Å². The minimum Gasteiger partial charge on any atom is -0.370 e. The minimum absolute atomic E-state index is 0.292. The second kappa shape index (κ2) is 2.02. The third-order valence-corrected chi connectivity index (χ3v) is 6.82. The van der Waals surface area contributed by atoms with E-state index in [2.05, 4.69) is 18.7 Å². The van der Waals surface area contributed by atoms with Gasteiger partial charge < -0.3 is 10.6 Å². The van der Waals surface area contributed by atoms with Crippen LogP contribution in [0.5, 0.6) is 0 Å². The van der Waals surface area contributed by atoms with Crippen molar-refractivity contribution in [1.82, 2.24) is 4.90 Å². The summed E-state index contributed by atoms with van der Waals surface area (Å²) < 4.78 is 0. The highest BCUT2D eigenvalue weighted by atomic mass is 15.3. The van der Waals surface area contributed by atoms with Gasteiger partial charge in [0.15, 0.2) is 5.96 Å². The van der Waals surface area contributed by atoms with Gasteiger partial charge in [-0.15, -0.1) is 0 Å². The van der Waals surface area contributed by atoms with Gasteiger partial charge in [-0.1, -0.05) is 13.8 Å². The Labute approximate surface area is 96.9 Å². The maximum atomic E-state index is 7.65. The quantitative estimate of drug-likeness (QED) is 0.482. The van der Waals surface area contributed by atoms with Crippen molar-refractivity contribution in [3.63, 3.8) is 0 Å². The lowest BCUT2D eigenvalue weighted by molar-refractivity contribution is 0.157. The maximum Gasteiger partial charge on any atom is 0.188 e. The van der Waals surface area contributed by atoms with E-state index in [1.54, 1.807) is 0 Å². The number of nitrogens with zero attached hydrogens (tertiary/aromatic N) is 1. The van der Waals surface area contributed by atoms with Crippen LogP contribution in [0.4, 0.5) is 0 Å². The van der Waals surface area contributed by atoms with E-state index in [1.165, 1.54) is 25.7 Å². The molecule has 1 heterocycles. The fourth-order valence-electron chi connectivity index (χ4n) is 6.36. The van der Waals surface area contributed by atoms with Crippen LogP contribution in [0.2, 0.25) is 0 Å². The Morgan fingerprint density at radius 3 is 1.69 bits per heavy atom. The molecule has 0 aromatic heterocycles. The molecule has 0 unspecified atom stereocenters. The van der Waals surface area contributed by atoms with Crippen LogP contribution in [0, 0.1) is 27.1 Å². The Balaban J connectivity index is 1.81. The summed E-state index contributed by atoms with van der Waals surface area (Å²) in [6.45, 7) is 7.14. The van der Waals surface area contributed by atoms with Crippen molar-refractivity contribution in [1.29, 1.82) is 5.41 Å². The molecule has 0 aromatic rings. The van der Waals surface area contributed by atoms with Gasteiger partial charge in [0, 0.05) is 13.1 Å². The number of rotatable bonds is 0. The molecule has 5 rings (SSSR count). The first-order valence-corrected chi connectivity index (χ1v) is 6.43. The summed E-state index contributed by atoms with van der Waals surface area (Å²) in [6.07, 6.45) is 5.56. The lowest BCUT2D eigenvalue weighted by Crippen LogP contribution is -2.36. The van der Waals surface area contributed by atoms with Gasteiger partial charge in [0.1, 0.15) is 0 Å². The van der Waals surface area contributed by atoms with E-state index in [0.717, 1.165) is 13.1 Å². The molecule has 0 atom stereocenters. The van der Waals surface area contributed by atoms with E-state index >= 15 is 0 Å². The molecule has 4 aliphatic carbocycles. The lowest BCUT2D eigenvalue weighted by atomic mass is 9.71. The molecule has 5 aliphatic rings. The van der Waals surface area contributed by atoms with E-state index in [1.807, 2.05) is 0 Å². The second-order valence-corrected chi connectivity index (χ2v) is 7.63. The second-order valence-electron chi connectivity index (χ2n) is 7.63. The van der Waals surface area contributed by atoms with E-state index < -0.39 is 0 Å². The van der Waals surface area contributed by atoms with Crippen LogP contribution in [0.25, 0.3) is 0 Å². The molecule has 1 aliphatic heterocycles. The van der Waals surface area contributed by atoms with Crippen molar-refractivity contribution in [2.24, 2.45) is 27.4 Å². The van der Waals surface area contributed by atoms with Gasteiger partial charge in [-0.2, -0.15) is 0 Å². The molecule has 3 heteroatoms. The smallest absolute Gasteiger partial charge is 0.188 e. The van der Waals surface area contributed by atoms with Crippen LogP contribution >= 0.6 is 0 Å². The van der Waals surface area contributed by atoms with Crippen molar-refractivity contribution >= 4 is 5.96 Å². The van der Waals surface area contributed by atoms with Gasteiger partial charge >= 0.3 is 0 Å². The van der Waals surface area contributed by atoms with Gasteiger partial charge in [0.25, 0.3) is 0 Å². The van der Waals surface area contributed by atoms with Crippen molar-refractivity contribution in [2.45, 2.75) is 39.5 Å². The molecule has 0 radical (unpaired) electrons. The van der Waals surface area contributed by atoms with Gasteiger partial charge in [-0.05, 0) is 47.3 Å². The fourth-order valence-corrected chi connectivity index (χ4v) is 6.36. The van der Waals surface area contributed by atoms with Gasteiger partial charge in [-0.3, -0.25) is 5.41 Å². The molecule has 1 saturated heterocycles. The summed E-state index contributed by atoms with van der Waals surface area (Å²) in [5.41, 5.74) is 7.90. The standard InChI is InChI=1S/C13H21N3/c1-10-3-12-5-11(10,2)6-13(12,4-10)8-16(7-12)9(14)15/h3-8H2,1-2H3,(H3,14,15). The molecular formula is C13H21N3. The maximum absolute atomic E-state index is 7.65. The summed E-state index contributed by atoms with van der Waals surface area (Å²) in [5, 5.41) is 7.65. The molecule has 3 nitrogen and oxygen atoms in total. The van der Waals surface area contributed by atoms with Crippen LogP contribution in [0.3, 0.4) is 0 Å². The van der Waals surface area contributed by atoms with Gasteiger partial charge in [0.05, 0.1) is 0 Å². The average Bonchev–Trinajstić information content (AvgIpc) is 2.66. The summed E-state index contributed by atoms with van der Waals surface area (Å²) in [6, 6.07) is 0. The average molecular weight is 219 g/mol. The lowest BCUT2D eigenvalue weighted by Gasteiger charge is -2.33. The molecule has 4 bridgehead atoms. The Morgan fingerprint density at radius 2 is 1.38 bits per heavy atom.